The quantitative estimate of drug-likeness (QED) is 0.0952. The summed E-state index contributed by atoms with van der Waals surface area (Å²) in [7, 11) is 0. The number of benzene rings is 4. The predicted molar refractivity (Wildman–Crippen MR) is 191 cm³/mol. The monoisotopic (exact) mass is 621 g/mol. The van der Waals surface area contributed by atoms with Gasteiger partial charge in [0.05, 0.1) is 28.1 Å². The molecular formula is C39H39N7O. The molecular weight excluding hydrogens is 582 g/mol. The zero-order valence-electron chi connectivity index (χ0n) is 26.4. The van der Waals surface area contributed by atoms with Crippen molar-refractivity contribution in [2.24, 2.45) is 10.7 Å². The summed E-state index contributed by atoms with van der Waals surface area (Å²) in [5.74, 6) is 3.72. The highest BCUT2D eigenvalue weighted by Crippen LogP contribution is 2.30. The number of amidine groups is 1. The maximum Gasteiger partial charge on any atom is 0.138 e. The van der Waals surface area contributed by atoms with E-state index in [1.807, 2.05) is 66.7 Å². The standard InChI is InChI=1S/C39H39N7O/c1-24(41-29-6-2-3-7-29)27-14-20-33-35(22-27)45-38(43-33)25-10-16-31(17-11-25)47-32-18-12-26(13-19-32)39-44-34-21-15-28(23-36(34)46-39)37(40)42-30-8-4-5-9-30/h10-23,29-30,41H,1-9H2,(H2,40,42)(H,43,45)(H,44,46). The molecule has 8 heteroatoms. The van der Waals surface area contributed by atoms with Crippen molar-refractivity contribution in [1.82, 2.24) is 25.3 Å². The van der Waals surface area contributed by atoms with Gasteiger partial charge in [-0.3, -0.25) is 4.99 Å². The third-order valence-corrected chi connectivity index (χ3v) is 9.48. The maximum absolute atomic E-state index is 6.34. The van der Waals surface area contributed by atoms with Crippen LogP contribution in [0.5, 0.6) is 11.5 Å². The fraction of sp³-hybridized carbons (Fsp3) is 0.256. The van der Waals surface area contributed by atoms with Gasteiger partial charge in [-0.15, -0.1) is 0 Å². The summed E-state index contributed by atoms with van der Waals surface area (Å²) in [6.07, 6.45) is 9.75. The van der Waals surface area contributed by atoms with E-state index in [2.05, 4.69) is 40.1 Å². The number of rotatable bonds is 9. The lowest BCUT2D eigenvalue weighted by Gasteiger charge is -2.15. The van der Waals surface area contributed by atoms with Crippen molar-refractivity contribution in [1.29, 1.82) is 0 Å². The normalized spacial score (nSPS) is 16.0. The molecule has 0 saturated heterocycles. The molecule has 2 fully saturated rings. The summed E-state index contributed by atoms with van der Waals surface area (Å²) in [6.45, 7) is 4.28. The van der Waals surface area contributed by atoms with Crippen LogP contribution in [-0.4, -0.2) is 37.9 Å². The van der Waals surface area contributed by atoms with Crippen LogP contribution < -0.4 is 15.8 Å². The SMILES string of the molecule is C=C(NC1CCCC1)c1ccc2nc(-c3ccc(Oc4ccc(-c5nc6ccc(C(N)=NC7CCCC7)cc6[nH]5)cc4)cc3)[nH]c2c1. The summed E-state index contributed by atoms with van der Waals surface area (Å²) in [5.41, 5.74) is 15.1. The molecule has 2 saturated carbocycles. The number of nitrogens with one attached hydrogen (secondary N) is 3. The average molecular weight is 622 g/mol. The topological polar surface area (TPSA) is 117 Å². The molecule has 2 aliphatic rings. The van der Waals surface area contributed by atoms with Gasteiger partial charge in [-0.1, -0.05) is 38.3 Å². The van der Waals surface area contributed by atoms with Crippen LogP contribution in [0.3, 0.4) is 0 Å². The van der Waals surface area contributed by atoms with Gasteiger partial charge in [0.2, 0.25) is 0 Å². The maximum atomic E-state index is 6.34. The van der Waals surface area contributed by atoms with Crippen molar-refractivity contribution in [3.05, 3.63) is 103 Å². The summed E-state index contributed by atoms with van der Waals surface area (Å²) in [6, 6.07) is 29.1. The number of aromatic nitrogens is 4. The number of imidazole rings is 2. The highest BCUT2D eigenvalue weighted by molar-refractivity contribution is 6.00. The Bertz CT molecular complexity index is 2080. The Hall–Kier alpha value is -5.37. The van der Waals surface area contributed by atoms with E-state index >= 15 is 0 Å². The van der Waals surface area contributed by atoms with Gasteiger partial charge in [0, 0.05) is 28.4 Å². The van der Waals surface area contributed by atoms with Crippen LogP contribution in [-0.2, 0) is 0 Å². The Kier molecular flexibility index (Phi) is 7.69. The van der Waals surface area contributed by atoms with Crippen molar-refractivity contribution in [2.75, 3.05) is 0 Å². The predicted octanol–water partition coefficient (Wildman–Crippen LogP) is 8.72. The van der Waals surface area contributed by atoms with Gasteiger partial charge in [0.25, 0.3) is 0 Å². The number of H-pyrrole nitrogens is 2. The summed E-state index contributed by atoms with van der Waals surface area (Å²) in [4.78, 5) is 21.3. The number of aliphatic imine (C=N–C) groups is 1. The van der Waals surface area contributed by atoms with Crippen molar-refractivity contribution in [3.63, 3.8) is 0 Å². The van der Waals surface area contributed by atoms with Crippen LogP contribution in [0.4, 0.5) is 0 Å². The Morgan fingerprint density at radius 1 is 0.702 bits per heavy atom. The van der Waals surface area contributed by atoms with Crippen molar-refractivity contribution in [2.45, 2.75) is 63.5 Å². The Balaban J connectivity index is 0.926. The molecule has 0 amide bonds. The van der Waals surface area contributed by atoms with E-state index in [0.29, 0.717) is 17.9 Å². The second kappa shape index (κ2) is 12.4. The first-order valence-corrected chi connectivity index (χ1v) is 16.7. The first-order chi connectivity index (χ1) is 23.0. The number of nitrogens with two attached hydrogens (primary N) is 1. The smallest absolute Gasteiger partial charge is 0.138 e. The Morgan fingerprint density at radius 3 is 1.79 bits per heavy atom. The van der Waals surface area contributed by atoms with E-state index in [-0.39, 0.29) is 0 Å². The molecule has 6 aromatic rings. The zero-order valence-corrected chi connectivity index (χ0v) is 26.4. The Labute approximate surface area is 274 Å². The minimum Gasteiger partial charge on any atom is -0.457 e. The molecule has 0 radical (unpaired) electrons. The van der Waals surface area contributed by atoms with Crippen molar-refractivity contribution in [3.8, 4) is 34.3 Å². The van der Waals surface area contributed by atoms with Gasteiger partial charge in [-0.2, -0.15) is 0 Å². The van der Waals surface area contributed by atoms with Crippen molar-refractivity contribution < 1.29 is 4.74 Å². The molecule has 2 aromatic heterocycles. The third-order valence-electron chi connectivity index (χ3n) is 9.48. The van der Waals surface area contributed by atoms with E-state index in [9.17, 15) is 0 Å². The number of fused-ring (bicyclic) bond motifs is 2. The van der Waals surface area contributed by atoms with Crippen LogP contribution in [0.2, 0.25) is 0 Å². The van der Waals surface area contributed by atoms with Gasteiger partial charge in [-0.05, 0) is 110 Å². The van der Waals surface area contributed by atoms with E-state index in [1.54, 1.807) is 0 Å². The molecule has 0 atom stereocenters. The van der Waals surface area contributed by atoms with Crippen LogP contribution >= 0.6 is 0 Å². The molecule has 8 rings (SSSR count). The fourth-order valence-electron chi connectivity index (χ4n) is 6.84. The lowest BCUT2D eigenvalue weighted by atomic mass is 10.1. The molecule has 0 spiro atoms. The van der Waals surface area contributed by atoms with Crippen LogP contribution in [0, 0.1) is 0 Å². The minimum absolute atomic E-state index is 0.349. The molecule has 0 bridgehead atoms. The van der Waals surface area contributed by atoms with Gasteiger partial charge in [0.15, 0.2) is 0 Å². The third kappa shape index (κ3) is 6.23. The van der Waals surface area contributed by atoms with Gasteiger partial charge in [-0.25, -0.2) is 9.97 Å². The highest BCUT2D eigenvalue weighted by atomic mass is 16.5. The fourth-order valence-corrected chi connectivity index (χ4v) is 6.84. The molecule has 4 aromatic carbocycles. The molecule has 5 N–H and O–H groups in total. The molecule has 236 valence electrons. The average Bonchev–Trinajstić information content (AvgIpc) is 3.92. The summed E-state index contributed by atoms with van der Waals surface area (Å²) >= 11 is 0. The second-order valence-electron chi connectivity index (χ2n) is 12.8. The zero-order chi connectivity index (χ0) is 31.7. The lowest BCUT2D eigenvalue weighted by molar-refractivity contribution is 0.483. The molecule has 47 heavy (non-hydrogen) atoms. The van der Waals surface area contributed by atoms with Gasteiger partial charge >= 0.3 is 0 Å². The number of aromatic amines is 2. The molecule has 8 nitrogen and oxygen atoms in total. The number of hydrogen-bond acceptors (Lipinski definition) is 5. The van der Waals surface area contributed by atoms with Crippen LogP contribution in [0.15, 0.2) is 96.5 Å². The van der Waals surface area contributed by atoms with E-state index in [1.165, 1.54) is 38.5 Å². The number of ether oxygens (including phenoxy) is 1. The van der Waals surface area contributed by atoms with E-state index < -0.39 is 0 Å². The first kappa shape index (κ1) is 29.1. The second-order valence-corrected chi connectivity index (χ2v) is 12.8. The summed E-state index contributed by atoms with van der Waals surface area (Å²) < 4.78 is 6.17. The van der Waals surface area contributed by atoms with Crippen molar-refractivity contribution >= 4 is 33.6 Å². The largest absolute Gasteiger partial charge is 0.457 e. The minimum atomic E-state index is 0.349. The summed E-state index contributed by atoms with van der Waals surface area (Å²) in [5, 5.41) is 3.60. The molecule has 0 aliphatic heterocycles. The van der Waals surface area contributed by atoms with Gasteiger partial charge < -0.3 is 25.8 Å². The first-order valence-electron chi connectivity index (χ1n) is 16.7. The molecule has 2 heterocycles. The highest BCUT2D eigenvalue weighted by Gasteiger charge is 2.17. The van der Waals surface area contributed by atoms with E-state index in [4.69, 9.17) is 25.4 Å². The van der Waals surface area contributed by atoms with Crippen LogP contribution in [0.1, 0.15) is 62.5 Å². The van der Waals surface area contributed by atoms with Gasteiger partial charge in [0.1, 0.15) is 29.0 Å². The molecule has 2 aliphatic carbocycles. The number of nitrogens with zero attached hydrogens (tertiary/aromatic N) is 3. The van der Waals surface area contributed by atoms with E-state index in [0.717, 1.165) is 86.0 Å². The van der Waals surface area contributed by atoms with Crippen LogP contribution in [0.25, 0.3) is 50.5 Å². The Morgan fingerprint density at radius 2 is 1.21 bits per heavy atom. The molecule has 0 unspecified atom stereocenters. The lowest BCUT2D eigenvalue weighted by Crippen LogP contribution is -2.23. The number of hydrogen-bond donors (Lipinski definition) is 4.